The Labute approximate surface area is 617 Å². The number of aromatic nitrogens is 8. The second-order valence-electron chi connectivity index (χ2n) is 26.8. The van der Waals surface area contributed by atoms with Crippen LogP contribution < -0.4 is 0 Å². The van der Waals surface area contributed by atoms with Gasteiger partial charge in [-0.2, -0.15) is 0 Å². The van der Waals surface area contributed by atoms with Gasteiger partial charge in [0.1, 0.15) is 0 Å². The molecule has 0 atom stereocenters. The van der Waals surface area contributed by atoms with E-state index in [2.05, 4.69) is 355 Å². The quantitative estimate of drug-likeness (QED) is 0.121. The number of hydrogen-bond acceptors (Lipinski definition) is 8. The standard InChI is InChI=1S/C96H58N8S2/c1-2-24-59(25-3-1)60-52-56-63(57-53-60)91-97-93(101-95(98-91)78-40-21-38-72-70-31-11-18-48-86(70)105-89(72)78)77-36-10-17-46-84(77)104-82-44-15-8-34-75(82)88-67(37-23-47-85(88)104)62-54-50-61(51-55-62)64-26-20-27-65(58-64)66-28-4-5-33-74(66)92-99-94(102-96(100-92)79-41-22-39-73-71-32-12-19-49-87(71)106-90(73)79)76-35-9-16-45-83(76)103-80-42-13-6-29-68(80)69-30-7-14-43-81(69)103/h1-58H. The molecule has 494 valence electrons. The first-order valence-corrected chi connectivity index (χ1v) is 37.2. The summed E-state index contributed by atoms with van der Waals surface area (Å²) in [6.45, 7) is 0. The molecule has 0 N–H and O–H groups in total. The van der Waals surface area contributed by atoms with Gasteiger partial charge in [-0.3, -0.25) is 0 Å². The molecule has 0 aliphatic carbocycles. The largest absolute Gasteiger partial charge is 0.309 e. The fourth-order valence-corrected chi connectivity index (χ4v) is 18.3. The van der Waals surface area contributed by atoms with E-state index in [0.29, 0.717) is 34.9 Å². The number of hydrogen-bond donors (Lipinski definition) is 0. The summed E-state index contributed by atoms with van der Waals surface area (Å²) >= 11 is 3.56. The highest BCUT2D eigenvalue weighted by atomic mass is 32.1. The summed E-state index contributed by atoms with van der Waals surface area (Å²) in [5.74, 6) is 3.61. The normalized spacial score (nSPS) is 11.8. The van der Waals surface area contributed by atoms with Crippen molar-refractivity contribution in [3.63, 3.8) is 0 Å². The molecule has 0 aliphatic rings. The second-order valence-corrected chi connectivity index (χ2v) is 28.9. The number of para-hydroxylation sites is 5. The van der Waals surface area contributed by atoms with E-state index >= 15 is 0 Å². The van der Waals surface area contributed by atoms with Crippen LogP contribution >= 0.6 is 22.7 Å². The Morgan fingerprint density at radius 1 is 0.189 bits per heavy atom. The summed E-state index contributed by atoms with van der Waals surface area (Å²) in [4.78, 5) is 32.8. The maximum Gasteiger partial charge on any atom is 0.166 e. The van der Waals surface area contributed by atoms with Gasteiger partial charge in [0.15, 0.2) is 34.9 Å². The Morgan fingerprint density at radius 2 is 0.528 bits per heavy atom. The van der Waals surface area contributed by atoms with Gasteiger partial charge in [-0.1, -0.05) is 273 Å². The van der Waals surface area contributed by atoms with Crippen molar-refractivity contribution >= 4 is 107 Å². The molecule has 0 saturated heterocycles. The maximum absolute atomic E-state index is 5.54. The van der Waals surface area contributed by atoms with Crippen LogP contribution in [-0.2, 0) is 0 Å². The monoisotopic (exact) mass is 1390 g/mol. The van der Waals surface area contributed by atoms with Crippen LogP contribution in [0.4, 0.5) is 0 Å². The van der Waals surface area contributed by atoms with Gasteiger partial charge in [-0.05, 0) is 123 Å². The average molecular weight is 1390 g/mol. The van der Waals surface area contributed by atoms with E-state index in [-0.39, 0.29) is 0 Å². The molecular weight excluding hydrogens is 1330 g/mol. The fraction of sp³-hybridized carbons (Fsp3) is 0. The lowest BCUT2D eigenvalue weighted by atomic mass is 9.94. The second kappa shape index (κ2) is 25.1. The molecule has 8 nitrogen and oxygen atoms in total. The summed E-state index contributed by atoms with van der Waals surface area (Å²) in [5.41, 5.74) is 20.6. The third-order valence-electron chi connectivity index (χ3n) is 20.7. The van der Waals surface area contributed by atoms with Crippen LogP contribution in [0.3, 0.4) is 0 Å². The Morgan fingerprint density at radius 3 is 1.11 bits per heavy atom. The SMILES string of the molecule is c1ccc(-c2ccc(-c3nc(-c4ccccc4-n4c5ccccc5c5c(-c6ccc(-c7cccc(-c8ccccc8-c8nc(-c9ccccc9-n9c%10ccccc%10c%10ccccc%109)nc(-c9cccc%10c9sc9ccccc9%10)n8)c7)cc6)cccc54)nc(-c4cccc5c4sc4ccccc45)n3)cc2)cc1. The van der Waals surface area contributed by atoms with Crippen LogP contribution in [0, 0.1) is 0 Å². The van der Waals surface area contributed by atoms with Crippen LogP contribution in [0.2, 0.25) is 0 Å². The zero-order chi connectivity index (χ0) is 69.8. The van der Waals surface area contributed by atoms with Crippen LogP contribution in [0.25, 0.3) is 208 Å². The highest BCUT2D eigenvalue weighted by Gasteiger charge is 2.26. The lowest BCUT2D eigenvalue weighted by molar-refractivity contribution is 1.07. The Balaban J connectivity index is 0.660. The number of thiophene rings is 2. The van der Waals surface area contributed by atoms with Crippen LogP contribution in [0.5, 0.6) is 0 Å². The van der Waals surface area contributed by atoms with Gasteiger partial charge in [0.2, 0.25) is 0 Å². The van der Waals surface area contributed by atoms with E-state index in [1.54, 1.807) is 22.7 Å². The number of fused-ring (bicyclic) bond motifs is 12. The van der Waals surface area contributed by atoms with Crippen molar-refractivity contribution in [3.8, 4) is 124 Å². The predicted molar refractivity (Wildman–Crippen MR) is 442 cm³/mol. The van der Waals surface area contributed by atoms with Crippen molar-refractivity contribution in [1.82, 2.24) is 39.0 Å². The molecule has 106 heavy (non-hydrogen) atoms. The molecule has 0 radical (unpaired) electrons. The molecule has 15 aromatic carbocycles. The van der Waals surface area contributed by atoms with Gasteiger partial charge in [0.05, 0.1) is 33.4 Å². The first kappa shape index (κ1) is 61.1. The first-order chi connectivity index (χ1) is 52.6. The maximum atomic E-state index is 5.54. The van der Waals surface area contributed by atoms with Crippen LogP contribution in [0.15, 0.2) is 352 Å². The van der Waals surface area contributed by atoms with Gasteiger partial charge >= 0.3 is 0 Å². The number of benzene rings is 15. The zero-order valence-electron chi connectivity index (χ0n) is 56.9. The van der Waals surface area contributed by atoms with E-state index in [0.717, 1.165) is 132 Å². The molecule has 21 rings (SSSR count). The molecule has 10 heteroatoms. The van der Waals surface area contributed by atoms with Crippen molar-refractivity contribution in [2.45, 2.75) is 0 Å². The lowest BCUT2D eigenvalue weighted by Gasteiger charge is -2.16. The van der Waals surface area contributed by atoms with Crippen molar-refractivity contribution in [3.05, 3.63) is 352 Å². The highest BCUT2D eigenvalue weighted by Crippen LogP contribution is 2.46. The van der Waals surface area contributed by atoms with E-state index in [4.69, 9.17) is 29.9 Å². The van der Waals surface area contributed by atoms with Gasteiger partial charge in [0, 0.05) is 95.3 Å². The minimum absolute atomic E-state index is 0.588. The molecule has 6 heterocycles. The van der Waals surface area contributed by atoms with Crippen LogP contribution in [-0.4, -0.2) is 39.0 Å². The molecule has 6 aromatic heterocycles. The number of nitrogens with zero attached hydrogens (tertiary/aromatic N) is 8. The Kier molecular flexibility index (Phi) is 14.5. The molecule has 0 saturated carbocycles. The Bertz CT molecular complexity index is 7030. The summed E-state index contributed by atoms with van der Waals surface area (Å²) in [6, 6.07) is 125. The predicted octanol–water partition coefficient (Wildman–Crippen LogP) is 25.7. The molecule has 0 unspecified atom stereocenters. The zero-order valence-corrected chi connectivity index (χ0v) is 58.5. The van der Waals surface area contributed by atoms with Crippen molar-refractivity contribution in [1.29, 1.82) is 0 Å². The molecule has 0 fully saturated rings. The van der Waals surface area contributed by atoms with Gasteiger partial charge in [-0.25, -0.2) is 29.9 Å². The summed E-state index contributed by atoms with van der Waals surface area (Å²) in [5, 5.41) is 9.49. The third-order valence-corrected chi connectivity index (χ3v) is 23.2. The van der Waals surface area contributed by atoms with Gasteiger partial charge < -0.3 is 9.13 Å². The summed E-state index contributed by atoms with van der Waals surface area (Å²) in [6.07, 6.45) is 0. The Hall–Kier alpha value is -13.6. The van der Waals surface area contributed by atoms with Gasteiger partial charge in [-0.15, -0.1) is 22.7 Å². The molecule has 0 amide bonds. The van der Waals surface area contributed by atoms with E-state index < -0.39 is 0 Å². The topological polar surface area (TPSA) is 87.2 Å². The number of rotatable bonds is 12. The van der Waals surface area contributed by atoms with Crippen molar-refractivity contribution in [2.24, 2.45) is 0 Å². The van der Waals surface area contributed by atoms with E-state index in [1.807, 2.05) is 6.07 Å². The lowest BCUT2D eigenvalue weighted by Crippen LogP contribution is -2.04. The van der Waals surface area contributed by atoms with Crippen molar-refractivity contribution in [2.75, 3.05) is 0 Å². The molecular formula is C96H58N8S2. The van der Waals surface area contributed by atoms with E-state index in [1.165, 1.54) is 41.7 Å². The van der Waals surface area contributed by atoms with Crippen molar-refractivity contribution < 1.29 is 0 Å². The smallest absolute Gasteiger partial charge is 0.166 e. The first-order valence-electron chi connectivity index (χ1n) is 35.6. The minimum Gasteiger partial charge on any atom is -0.309 e. The highest BCUT2D eigenvalue weighted by molar-refractivity contribution is 7.26. The minimum atomic E-state index is 0.588. The summed E-state index contributed by atoms with van der Waals surface area (Å²) < 4.78 is 9.47. The van der Waals surface area contributed by atoms with Crippen LogP contribution in [0.1, 0.15) is 0 Å². The molecule has 0 spiro atoms. The van der Waals surface area contributed by atoms with E-state index in [9.17, 15) is 0 Å². The third kappa shape index (κ3) is 10.2. The van der Waals surface area contributed by atoms with Gasteiger partial charge in [0.25, 0.3) is 0 Å². The molecule has 0 aliphatic heterocycles. The molecule has 0 bridgehead atoms. The fourth-order valence-electron chi connectivity index (χ4n) is 15.8. The molecule has 21 aromatic rings. The summed E-state index contributed by atoms with van der Waals surface area (Å²) in [7, 11) is 0. The average Bonchev–Trinajstić information content (AvgIpc) is 1.57.